The number of nitrogens with one attached hydrogen (secondary N) is 1. The minimum atomic E-state index is -1.01. The highest BCUT2D eigenvalue weighted by atomic mass is 16.4. The Kier molecular flexibility index (Phi) is 2.87. The number of carboxylic acids is 1. The van der Waals surface area contributed by atoms with Crippen molar-refractivity contribution in [3.05, 3.63) is 54.1 Å². The minimum Gasteiger partial charge on any atom is -0.478 e. The molecule has 100 valence electrons. The van der Waals surface area contributed by atoms with Gasteiger partial charge in [-0.3, -0.25) is 9.69 Å². The maximum atomic E-state index is 12.2. The average molecular weight is 268 g/mol. The van der Waals surface area contributed by atoms with Crippen molar-refractivity contribution in [2.24, 2.45) is 0 Å². The number of rotatable bonds is 2. The molecule has 0 aliphatic carbocycles. The van der Waals surface area contributed by atoms with Gasteiger partial charge in [0, 0.05) is 5.69 Å². The molecular weight excluding hydrogens is 256 g/mol. The van der Waals surface area contributed by atoms with Crippen LogP contribution in [0.15, 0.2) is 48.5 Å². The van der Waals surface area contributed by atoms with Crippen molar-refractivity contribution in [1.82, 2.24) is 0 Å². The van der Waals surface area contributed by atoms with Crippen molar-refractivity contribution in [2.45, 2.75) is 0 Å². The van der Waals surface area contributed by atoms with Crippen LogP contribution >= 0.6 is 0 Å². The smallest absolute Gasteiger partial charge is 0.335 e. The zero-order chi connectivity index (χ0) is 14.1. The number of fused-ring (bicyclic) bond motifs is 1. The summed E-state index contributed by atoms with van der Waals surface area (Å²) < 4.78 is 0. The van der Waals surface area contributed by atoms with Crippen LogP contribution in [0.25, 0.3) is 0 Å². The number of aromatic carboxylic acids is 1. The molecule has 0 atom stereocenters. The highest BCUT2D eigenvalue weighted by Crippen LogP contribution is 2.35. The molecule has 20 heavy (non-hydrogen) atoms. The van der Waals surface area contributed by atoms with Crippen molar-refractivity contribution in [3.63, 3.8) is 0 Å². The molecule has 1 aliphatic rings. The lowest BCUT2D eigenvalue weighted by Crippen LogP contribution is -2.36. The van der Waals surface area contributed by atoms with E-state index in [9.17, 15) is 9.59 Å². The third-order valence-corrected chi connectivity index (χ3v) is 3.18. The van der Waals surface area contributed by atoms with E-state index in [4.69, 9.17) is 5.11 Å². The quantitative estimate of drug-likeness (QED) is 0.877. The second kappa shape index (κ2) is 4.70. The maximum Gasteiger partial charge on any atom is 0.335 e. The van der Waals surface area contributed by atoms with E-state index in [-0.39, 0.29) is 18.0 Å². The second-order valence-corrected chi connectivity index (χ2v) is 4.46. The molecule has 3 rings (SSSR count). The summed E-state index contributed by atoms with van der Waals surface area (Å²) in [4.78, 5) is 24.7. The van der Waals surface area contributed by atoms with E-state index in [0.717, 1.165) is 11.4 Å². The van der Waals surface area contributed by atoms with E-state index in [1.165, 1.54) is 17.0 Å². The Bertz CT molecular complexity index is 697. The fraction of sp³-hybridized carbons (Fsp3) is 0.0667. The van der Waals surface area contributed by atoms with Gasteiger partial charge in [-0.05, 0) is 30.3 Å². The van der Waals surface area contributed by atoms with Crippen LogP contribution in [0.1, 0.15) is 10.4 Å². The number of carboxylic acid groups (broad SMARTS) is 1. The van der Waals surface area contributed by atoms with Gasteiger partial charge in [0.15, 0.2) is 0 Å². The third kappa shape index (κ3) is 1.99. The Morgan fingerprint density at radius 2 is 1.95 bits per heavy atom. The first kappa shape index (κ1) is 12.2. The molecule has 5 heteroatoms. The number of anilines is 3. The summed E-state index contributed by atoms with van der Waals surface area (Å²) in [6.45, 7) is 0.189. The molecule has 0 spiro atoms. The highest BCUT2D eigenvalue weighted by Gasteiger charge is 2.25. The first-order valence-electron chi connectivity index (χ1n) is 6.16. The molecule has 0 unspecified atom stereocenters. The van der Waals surface area contributed by atoms with Gasteiger partial charge < -0.3 is 10.4 Å². The van der Waals surface area contributed by atoms with Crippen molar-refractivity contribution in [2.75, 3.05) is 16.8 Å². The second-order valence-electron chi connectivity index (χ2n) is 4.46. The van der Waals surface area contributed by atoms with Crippen LogP contribution in [-0.4, -0.2) is 23.5 Å². The molecular formula is C15H12N2O3. The van der Waals surface area contributed by atoms with E-state index in [0.29, 0.717) is 5.69 Å². The number of hydrogen-bond donors (Lipinski definition) is 2. The monoisotopic (exact) mass is 268 g/mol. The van der Waals surface area contributed by atoms with Gasteiger partial charge in [-0.25, -0.2) is 4.79 Å². The largest absolute Gasteiger partial charge is 0.478 e. The lowest BCUT2D eigenvalue weighted by Gasteiger charge is -2.30. The van der Waals surface area contributed by atoms with E-state index < -0.39 is 5.97 Å². The van der Waals surface area contributed by atoms with Gasteiger partial charge in [0.2, 0.25) is 0 Å². The number of para-hydroxylation sites is 2. The molecule has 0 aromatic heterocycles. The molecule has 1 aliphatic heterocycles. The predicted octanol–water partition coefficient (Wildman–Crippen LogP) is 2.48. The van der Waals surface area contributed by atoms with Crippen LogP contribution in [0.3, 0.4) is 0 Å². The Morgan fingerprint density at radius 3 is 2.75 bits per heavy atom. The summed E-state index contributed by atoms with van der Waals surface area (Å²) in [6.07, 6.45) is 0. The van der Waals surface area contributed by atoms with Gasteiger partial charge in [0.1, 0.15) is 0 Å². The highest BCUT2D eigenvalue weighted by molar-refractivity contribution is 6.08. The van der Waals surface area contributed by atoms with Crippen LogP contribution in [-0.2, 0) is 4.79 Å². The van der Waals surface area contributed by atoms with Gasteiger partial charge in [0.05, 0.1) is 23.5 Å². The topological polar surface area (TPSA) is 69.6 Å². The summed E-state index contributed by atoms with van der Waals surface area (Å²) in [5.41, 5.74) is 2.30. The van der Waals surface area contributed by atoms with Crippen molar-refractivity contribution < 1.29 is 14.7 Å². The first-order chi connectivity index (χ1) is 9.66. The Morgan fingerprint density at radius 1 is 1.15 bits per heavy atom. The predicted molar refractivity (Wildman–Crippen MR) is 75.5 cm³/mol. The Hall–Kier alpha value is -2.82. The lowest BCUT2D eigenvalue weighted by molar-refractivity contribution is -0.116. The Labute approximate surface area is 115 Å². The average Bonchev–Trinajstić information content (AvgIpc) is 2.47. The van der Waals surface area contributed by atoms with Crippen molar-refractivity contribution in [3.8, 4) is 0 Å². The number of benzene rings is 2. The van der Waals surface area contributed by atoms with E-state index in [2.05, 4.69) is 5.32 Å². The van der Waals surface area contributed by atoms with Crippen molar-refractivity contribution in [1.29, 1.82) is 0 Å². The lowest BCUT2D eigenvalue weighted by atomic mass is 10.1. The molecule has 2 aromatic carbocycles. The molecule has 0 saturated heterocycles. The summed E-state index contributed by atoms with van der Waals surface area (Å²) in [7, 11) is 0. The number of carbonyl (C=O) groups is 2. The molecule has 2 N–H and O–H groups in total. The van der Waals surface area contributed by atoms with Crippen LogP contribution in [0.4, 0.5) is 17.1 Å². The molecule has 1 heterocycles. The van der Waals surface area contributed by atoms with E-state index in [1.54, 1.807) is 12.1 Å². The van der Waals surface area contributed by atoms with Gasteiger partial charge in [0.25, 0.3) is 5.91 Å². The maximum absolute atomic E-state index is 12.2. The molecule has 0 saturated carbocycles. The van der Waals surface area contributed by atoms with Crippen molar-refractivity contribution >= 4 is 28.9 Å². The standard InChI is InChI=1S/C15H12N2O3/c18-14-9-16-12-6-1-2-7-13(12)17(14)11-5-3-4-10(8-11)15(19)20/h1-8,16H,9H2,(H,19,20). The zero-order valence-corrected chi connectivity index (χ0v) is 10.5. The van der Waals surface area contributed by atoms with Gasteiger partial charge >= 0.3 is 5.97 Å². The Balaban J connectivity index is 2.11. The van der Waals surface area contributed by atoms with Crippen LogP contribution in [0.5, 0.6) is 0 Å². The fourth-order valence-electron chi connectivity index (χ4n) is 2.26. The fourth-order valence-corrected chi connectivity index (χ4v) is 2.26. The van der Waals surface area contributed by atoms with Crippen LogP contribution < -0.4 is 10.2 Å². The minimum absolute atomic E-state index is 0.119. The molecule has 2 aromatic rings. The van der Waals surface area contributed by atoms with E-state index >= 15 is 0 Å². The number of nitrogens with zero attached hydrogens (tertiary/aromatic N) is 1. The summed E-state index contributed by atoms with van der Waals surface area (Å²) in [5.74, 6) is -1.13. The summed E-state index contributed by atoms with van der Waals surface area (Å²) in [5, 5.41) is 12.1. The SMILES string of the molecule is O=C(O)c1cccc(N2C(=O)CNc3ccccc32)c1. The zero-order valence-electron chi connectivity index (χ0n) is 10.5. The van der Waals surface area contributed by atoms with Crippen LogP contribution in [0.2, 0.25) is 0 Å². The van der Waals surface area contributed by atoms with Crippen LogP contribution in [0, 0.1) is 0 Å². The van der Waals surface area contributed by atoms with E-state index in [1.807, 2.05) is 24.3 Å². The van der Waals surface area contributed by atoms with Gasteiger partial charge in [-0.1, -0.05) is 18.2 Å². The molecule has 0 bridgehead atoms. The first-order valence-corrected chi connectivity index (χ1v) is 6.16. The summed E-state index contributed by atoms with van der Waals surface area (Å²) >= 11 is 0. The molecule has 1 amide bonds. The molecule has 0 radical (unpaired) electrons. The third-order valence-electron chi connectivity index (χ3n) is 3.18. The number of amides is 1. The molecule has 5 nitrogen and oxygen atoms in total. The summed E-state index contributed by atoms with van der Waals surface area (Å²) in [6, 6.07) is 13.8. The van der Waals surface area contributed by atoms with Gasteiger partial charge in [-0.15, -0.1) is 0 Å². The normalized spacial score (nSPS) is 13.6. The number of carbonyl (C=O) groups excluding carboxylic acids is 1. The number of hydrogen-bond acceptors (Lipinski definition) is 3. The molecule has 0 fully saturated rings. The van der Waals surface area contributed by atoms with Gasteiger partial charge in [-0.2, -0.15) is 0 Å².